The molecule has 1 amide bonds. The van der Waals surface area contributed by atoms with Crippen LogP contribution in [0.25, 0.3) is 5.69 Å². The number of rotatable bonds is 6. The molecule has 0 atom stereocenters. The summed E-state index contributed by atoms with van der Waals surface area (Å²) in [5.41, 5.74) is 2.22. The normalized spacial score (nSPS) is 10.8. The summed E-state index contributed by atoms with van der Waals surface area (Å²) in [6.45, 7) is 1.79. The molecule has 0 aliphatic rings. The van der Waals surface area contributed by atoms with Gasteiger partial charge in [0.15, 0.2) is 0 Å². The Morgan fingerprint density at radius 1 is 1.15 bits per heavy atom. The van der Waals surface area contributed by atoms with E-state index in [0.717, 1.165) is 11.3 Å². The molecule has 0 spiro atoms. The molecule has 5 nitrogen and oxygen atoms in total. The van der Waals surface area contributed by atoms with E-state index in [1.54, 1.807) is 24.7 Å². The highest BCUT2D eigenvalue weighted by molar-refractivity contribution is 7.99. The predicted molar refractivity (Wildman–Crippen MR) is 107 cm³/mol. The summed E-state index contributed by atoms with van der Waals surface area (Å²) in [6.07, 6.45) is 0. The zero-order chi connectivity index (χ0) is 19.4. The zero-order valence-electron chi connectivity index (χ0n) is 15.1. The van der Waals surface area contributed by atoms with Crippen LogP contribution in [0.3, 0.4) is 0 Å². The van der Waals surface area contributed by atoms with E-state index < -0.39 is 0 Å². The number of hydrogen-bond acceptors (Lipinski definition) is 3. The fourth-order valence-corrected chi connectivity index (χ4v) is 3.55. The lowest BCUT2D eigenvalue weighted by molar-refractivity contribution is -0.113. The van der Waals surface area contributed by atoms with Crippen LogP contribution in [-0.4, -0.2) is 21.0 Å². The Kier molecular flexibility index (Phi) is 5.81. The molecule has 140 valence electrons. The maximum atomic E-state index is 13.2. The van der Waals surface area contributed by atoms with E-state index in [0.29, 0.717) is 11.4 Å². The Hall–Kier alpha value is -2.80. The van der Waals surface area contributed by atoms with Gasteiger partial charge in [-0.2, -0.15) is 0 Å². The smallest absolute Gasteiger partial charge is 0.295 e. The molecule has 0 bridgehead atoms. The molecule has 27 heavy (non-hydrogen) atoms. The summed E-state index contributed by atoms with van der Waals surface area (Å²) in [5.74, 6) is 0.143. The largest absolute Gasteiger partial charge is 0.319 e. The van der Waals surface area contributed by atoms with Gasteiger partial charge in [-0.05, 0) is 36.8 Å². The minimum absolute atomic E-state index is 0.176. The monoisotopic (exact) mass is 385 g/mol. The molecule has 0 saturated carbocycles. The molecule has 0 aliphatic carbocycles. The van der Waals surface area contributed by atoms with Gasteiger partial charge in [0.2, 0.25) is 5.91 Å². The number of amides is 1. The van der Waals surface area contributed by atoms with Gasteiger partial charge in [0.25, 0.3) is 5.56 Å². The second kappa shape index (κ2) is 8.26. The maximum Gasteiger partial charge on any atom is 0.295 e. The van der Waals surface area contributed by atoms with Crippen molar-refractivity contribution in [2.24, 2.45) is 7.05 Å². The molecular formula is C20H20FN3O2S. The van der Waals surface area contributed by atoms with Crippen molar-refractivity contribution in [3.63, 3.8) is 0 Å². The number of anilines is 1. The Morgan fingerprint density at radius 2 is 1.89 bits per heavy atom. The summed E-state index contributed by atoms with van der Waals surface area (Å²) < 4.78 is 16.4. The van der Waals surface area contributed by atoms with Crippen molar-refractivity contribution in [1.29, 1.82) is 0 Å². The van der Waals surface area contributed by atoms with Crippen LogP contribution >= 0.6 is 11.8 Å². The second-order valence-corrected chi connectivity index (χ2v) is 7.09. The van der Waals surface area contributed by atoms with Gasteiger partial charge in [0, 0.05) is 12.8 Å². The molecule has 0 radical (unpaired) electrons. The molecule has 3 rings (SSSR count). The summed E-state index contributed by atoms with van der Waals surface area (Å²) in [5, 5.41) is 2.72. The number of nitrogens with zero attached hydrogens (tertiary/aromatic N) is 2. The third-order valence-electron chi connectivity index (χ3n) is 4.21. The predicted octanol–water partition coefficient (Wildman–Crippen LogP) is 3.50. The van der Waals surface area contributed by atoms with Gasteiger partial charge in [-0.25, -0.2) is 9.07 Å². The summed E-state index contributed by atoms with van der Waals surface area (Å²) >= 11 is 1.37. The first-order valence-electron chi connectivity index (χ1n) is 8.43. The highest BCUT2D eigenvalue weighted by atomic mass is 32.2. The number of aromatic nitrogens is 2. The number of carbonyl (C=O) groups excluding carboxylic acids is 1. The average Bonchev–Trinajstić information content (AvgIpc) is 2.86. The summed E-state index contributed by atoms with van der Waals surface area (Å²) in [6, 6.07) is 15.5. The first kappa shape index (κ1) is 19.0. The fraction of sp³-hybridized carbons (Fsp3) is 0.200. The highest BCUT2D eigenvalue weighted by Gasteiger charge is 2.17. The SMILES string of the molecule is Cc1c(NC(=O)CSCc2cccc(F)c2)c(=O)n(-c2ccccc2)n1C. The van der Waals surface area contributed by atoms with E-state index in [2.05, 4.69) is 5.32 Å². The van der Waals surface area contributed by atoms with Crippen LogP contribution < -0.4 is 10.9 Å². The first-order valence-corrected chi connectivity index (χ1v) is 9.59. The van der Waals surface area contributed by atoms with Crippen LogP contribution in [-0.2, 0) is 17.6 Å². The van der Waals surface area contributed by atoms with Gasteiger partial charge >= 0.3 is 0 Å². The van der Waals surface area contributed by atoms with Crippen molar-refractivity contribution >= 4 is 23.4 Å². The van der Waals surface area contributed by atoms with Crippen LogP contribution in [0.1, 0.15) is 11.3 Å². The molecule has 7 heteroatoms. The maximum absolute atomic E-state index is 13.2. The van der Waals surface area contributed by atoms with E-state index in [9.17, 15) is 14.0 Å². The van der Waals surface area contributed by atoms with Crippen molar-refractivity contribution in [3.05, 3.63) is 82.0 Å². The quantitative estimate of drug-likeness (QED) is 0.707. The number of halogens is 1. The zero-order valence-corrected chi connectivity index (χ0v) is 15.9. The van der Waals surface area contributed by atoms with Gasteiger partial charge in [-0.1, -0.05) is 30.3 Å². The van der Waals surface area contributed by atoms with E-state index in [1.807, 2.05) is 36.4 Å². The lowest BCUT2D eigenvalue weighted by Gasteiger charge is -2.07. The van der Waals surface area contributed by atoms with Gasteiger partial charge in [-0.15, -0.1) is 11.8 Å². The number of benzene rings is 2. The first-order chi connectivity index (χ1) is 13.0. The van der Waals surface area contributed by atoms with E-state index in [1.165, 1.54) is 28.6 Å². The van der Waals surface area contributed by atoms with Crippen LogP contribution in [0, 0.1) is 12.7 Å². The Labute approximate surface area is 160 Å². The molecular weight excluding hydrogens is 365 g/mol. The number of thioether (sulfide) groups is 1. The number of nitrogens with one attached hydrogen (secondary N) is 1. The Bertz CT molecular complexity index is 1010. The second-order valence-electron chi connectivity index (χ2n) is 6.11. The Balaban J connectivity index is 1.68. The Morgan fingerprint density at radius 3 is 2.59 bits per heavy atom. The molecule has 0 aliphatic heterocycles. The lowest BCUT2D eigenvalue weighted by atomic mass is 10.2. The summed E-state index contributed by atoms with van der Waals surface area (Å²) in [7, 11) is 1.78. The van der Waals surface area contributed by atoms with Gasteiger partial charge < -0.3 is 5.32 Å². The molecule has 1 N–H and O–H groups in total. The van der Waals surface area contributed by atoms with Crippen LogP contribution in [0.4, 0.5) is 10.1 Å². The molecule has 0 fully saturated rings. The number of para-hydroxylation sites is 1. The fourth-order valence-electron chi connectivity index (χ4n) is 2.78. The molecule has 0 saturated heterocycles. The highest BCUT2D eigenvalue weighted by Crippen LogP contribution is 2.16. The van der Waals surface area contributed by atoms with Gasteiger partial charge in [0.05, 0.1) is 17.1 Å². The van der Waals surface area contributed by atoms with Crippen molar-refractivity contribution in [3.8, 4) is 5.69 Å². The van der Waals surface area contributed by atoms with Crippen molar-refractivity contribution < 1.29 is 9.18 Å². The van der Waals surface area contributed by atoms with Crippen LogP contribution in [0.2, 0.25) is 0 Å². The molecule has 3 aromatic rings. The van der Waals surface area contributed by atoms with Gasteiger partial charge in [0.1, 0.15) is 11.5 Å². The lowest BCUT2D eigenvalue weighted by Crippen LogP contribution is -2.23. The third kappa shape index (κ3) is 4.31. The van der Waals surface area contributed by atoms with Crippen LogP contribution in [0.15, 0.2) is 59.4 Å². The van der Waals surface area contributed by atoms with E-state index >= 15 is 0 Å². The third-order valence-corrected chi connectivity index (χ3v) is 5.21. The molecule has 1 aromatic heterocycles. The topological polar surface area (TPSA) is 56.0 Å². The standard InChI is InChI=1S/C20H20FN3O2S/c1-14-19(20(26)24(23(14)2)17-9-4-3-5-10-17)22-18(25)13-27-12-15-7-6-8-16(21)11-15/h3-11H,12-13H2,1-2H3,(H,22,25). The summed E-state index contributed by atoms with van der Waals surface area (Å²) in [4.78, 5) is 25.0. The van der Waals surface area contributed by atoms with Crippen molar-refractivity contribution in [2.45, 2.75) is 12.7 Å². The van der Waals surface area contributed by atoms with Gasteiger partial charge in [-0.3, -0.25) is 14.3 Å². The minimum atomic E-state index is -0.293. The number of hydrogen-bond donors (Lipinski definition) is 1. The van der Waals surface area contributed by atoms with Crippen LogP contribution in [0.5, 0.6) is 0 Å². The van der Waals surface area contributed by atoms with E-state index in [-0.39, 0.29) is 28.7 Å². The van der Waals surface area contributed by atoms with Crippen molar-refractivity contribution in [1.82, 2.24) is 9.36 Å². The number of carbonyl (C=O) groups is 1. The molecule has 0 unspecified atom stereocenters. The van der Waals surface area contributed by atoms with Crippen molar-refractivity contribution in [2.75, 3.05) is 11.1 Å². The minimum Gasteiger partial charge on any atom is -0.319 e. The van der Waals surface area contributed by atoms with E-state index in [4.69, 9.17) is 0 Å². The average molecular weight is 385 g/mol. The molecule has 2 aromatic carbocycles. The molecule has 1 heterocycles.